The van der Waals surface area contributed by atoms with Crippen LogP contribution in [0.4, 0.5) is 5.82 Å². The zero-order valence-corrected chi connectivity index (χ0v) is 12.3. The molecular formula is C13H16ClN5O. The van der Waals surface area contributed by atoms with Gasteiger partial charge in [0.15, 0.2) is 11.6 Å². The Bertz CT molecular complexity index is 611. The van der Waals surface area contributed by atoms with Crippen LogP contribution in [0.1, 0.15) is 42.7 Å². The monoisotopic (exact) mass is 293 g/mol. The predicted octanol–water partition coefficient (Wildman–Crippen LogP) is 2.73. The van der Waals surface area contributed by atoms with E-state index in [0.717, 1.165) is 18.7 Å². The molecule has 0 bridgehead atoms. The number of aromatic nitrogens is 4. The van der Waals surface area contributed by atoms with E-state index in [-0.39, 0.29) is 0 Å². The van der Waals surface area contributed by atoms with Crippen molar-refractivity contribution in [1.29, 1.82) is 0 Å². The molecule has 0 amide bonds. The van der Waals surface area contributed by atoms with Crippen molar-refractivity contribution in [1.82, 2.24) is 20.1 Å². The fourth-order valence-corrected chi connectivity index (χ4v) is 2.39. The van der Waals surface area contributed by atoms with E-state index in [0.29, 0.717) is 35.0 Å². The molecule has 1 aliphatic carbocycles. The lowest BCUT2D eigenvalue weighted by Gasteiger charge is -2.20. The molecule has 2 aromatic rings. The molecule has 7 heteroatoms. The average Bonchev–Trinajstić information content (AvgIpc) is 2.78. The Labute approximate surface area is 122 Å². The molecular weight excluding hydrogens is 278 g/mol. The Balaban J connectivity index is 1.73. The summed E-state index contributed by atoms with van der Waals surface area (Å²) in [6, 6.07) is 0. The lowest BCUT2D eigenvalue weighted by atomic mass is 9.85. The van der Waals surface area contributed by atoms with E-state index in [4.69, 9.17) is 16.1 Å². The van der Waals surface area contributed by atoms with Gasteiger partial charge in [-0.15, -0.1) is 0 Å². The van der Waals surface area contributed by atoms with E-state index >= 15 is 0 Å². The third-order valence-electron chi connectivity index (χ3n) is 3.52. The van der Waals surface area contributed by atoms with Gasteiger partial charge in [-0.3, -0.25) is 0 Å². The van der Waals surface area contributed by atoms with Crippen LogP contribution in [0.25, 0.3) is 0 Å². The molecule has 0 spiro atoms. The van der Waals surface area contributed by atoms with Gasteiger partial charge in [-0.2, -0.15) is 4.98 Å². The topological polar surface area (TPSA) is 67.9 Å². The van der Waals surface area contributed by atoms with Crippen molar-refractivity contribution in [3.05, 3.63) is 28.8 Å². The summed E-state index contributed by atoms with van der Waals surface area (Å²) >= 11 is 6.11. The molecule has 0 aromatic carbocycles. The Kier molecular flexibility index (Phi) is 3.56. The maximum Gasteiger partial charge on any atom is 0.229 e. The van der Waals surface area contributed by atoms with Crippen molar-refractivity contribution in [2.75, 3.05) is 11.9 Å². The first kappa shape index (κ1) is 13.3. The fraction of sp³-hybridized carbons (Fsp3) is 0.538. The molecule has 1 fully saturated rings. The summed E-state index contributed by atoms with van der Waals surface area (Å²) in [5.41, 5.74) is 0. The van der Waals surface area contributed by atoms with Gasteiger partial charge in [-0.05, 0) is 19.8 Å². The molecule has 1 saturated carbocycles. The summed E-state index contributed by atoms with van der Waals surface area (Å²) in [6.07, 6.45) is 5.15. The van der Waals surface area contributed by atoms with Gasteiger partial charge in [0.25, 0.3) is 0 Å². The fourth-order valence-electron chi connectivity index (χ4n) is 2.15. The van der Waals surface area contributed by atoms with Crippen LogP contribution in [0.15, 0.2) is 10.7 Å². The Hall–Kier alpha value is -1.69. The van der Waals surface area contributed by atoms with Gasteiger partial charge >= 0.3 is 0 Å². The lowest BCUT2D eigenvalue weighted by Crippen LogP contribution is -2.19. The van der Waals surface area contributed by atoms with Crippen LogP contribution in [0, 0.1) is 6.92 Å². The van der Waals surface area contributed by atoms with Crippen LogP contribution in [0.2, 0.25) is 5.02 Å². The molecule has 0 atom stereocenters. The molecule has 2 heterocycles. The van der Waals surface area contributed by atoms with Crippen LogP contribution < -0.4 is 4.90 Å². The minimum absolute atomic E-state index is 0.450. The molecule has 0 unspecified atom stereocenters. The van der Waals surface area contributed by atoms with Crippen molar-refractivity contribution < 1.29 is 4.52 Å². The van der Waals surface area contributed by atoms with E-state index in [1.54, 1.807) is 6.20 Å². The first-order chi connectivity index (χ1) is 9.63. The normalized spacial score (nSPS) is 15.2. The van der Waals surface area contributed by atoms with E-state index < -0.39 is 0 Å². The summed E-state index contributed by atoms with van der Waals surface area (Å²) in [7, 11) is 1.90. The van der Waals surface area contributed by atoms with Gasteiger partial charge in [0.2, 0.25) is 5.89 Å². The van der Waals surface area contributed by atoms with Gasteiger partial charge < -0.3 is 9.42 Å². The number of aryl methyl sites for hydroxylation is 1. The predicted molar refractivity (Wildman–Crippen MR) is 74.8 cm³/mol. The number of halogens is 1. The quantitative estimate of drug-likeness (QED) is 0.863. The SMILES string of the molecule is Cc1ncc(Cl)c(N(C)Cc2noc(C3CCC3)n2)n1. The highest BCUT2D eigenvalue weighted by Gasteiger charge is 2.25. The first-order valence-electron chi connectivity index (χ1n) is 6.66. The van der Waals surface area contributed by atoms with Crippen LogP contribution in [0.3, 0.4) is 0 Å². The number of rotatable bonds is 4. The zero-order chi connectivity index (χ0) is 14.1. The molecule has 0 N–H and O–H groups in total. The van der Waals surface area contributed by atoms with Crippen molar-refractivity contribution in [3.63, 3.8) is 0 Å². The maximum atomic E-state index is 6.11. The second-order valence-electron chi connectivity index (χ2n) is 5.12. The van der Waals surface area contributed by atoms with Crippen LogP contribution in [-0.2, 0) is 6.54 Å². The summed E-state index contributed by atoms with van der Waals surface area (Å²) in [6.45, 7) is 2.34. The molecule has 6 nitrogen and oxygen atoms in total. The van der Waals surface area contributed by atoms with E-state index in [1.807, 2.05) is 18.9 Å². The van der Waals surface area contributed by atoms with Crippen LogP contribution >= 0.6 is 11.6 Å². The molecule has 1 aliphatic rings. The first-order valence-corrected chi connectivity index (χ1v) is 7.04. The van der Waals surface area contributed by atoms with E-state index in [9.17, 15) is 0 Å². The minimum Gasteiger partial charge on any atom is -0.351 e. The molecule has 0 radical (unpaired) electrons. The summed E-state index contributed by atoms with van der Waals surface area (Å²) in [4.78, 5) is 14.7. The van der Waals surface area contributed by atoms with Crippen molar-refractivity contribution in [2.24, 2.45) is 0 Å². The third-order valence-corrected chi connectivity index (χ3v) is 3.79. The zero-order valence-electron chi connectivity index (χ0n) is 11.5. The van der Waals surface area contributed by atoms with Crippen LogP contribution in [-0.4, -0.2) is 27.2 Å². The third kappa shape index (κ3) is 2.60. The largest absolute Gasteiger partial charge is 0.351 e. The number of nitrogens with zero attached hydrogens (tertiary/aromatic N) is 5. The van der Waals surface area contributed by atoms with Crippen molar-refractivity contribution >= 4 is 17.4 Å². The van der Waals surface area contributed by atoms with Crippen molar-refractivity contribution in [2.45, 2.75) is 38.6 Å². The second kappa shape index (κ2) is 5.36. The lowest BCUT2D eigenvalue weighted by molar-refractivity contribution is 0.291. The molecule has 20 heavy (non-hydrogen) atoms. The van der Waals surface area contributed by atoms with Gasteiger partial charge in [0.05, 0.1) is 12.7 Å². The highest BCUT2D eigenvalue weighted by molar-refractivity contribution is 6.32. The average molecular weight is 294 g/mol. The molecule has 3 rings (SSSR count). The second-order valence-corrected chi connectivity index (χ2v) is 5.53. The smallest absolute Gasteiger partial charge is 0.229 e. The minimum atomic E-state index is 0.450. The van der Waals surface area contributed by atoms with Crippen molar-refractivity contribution in [3.8, 4) is 0 Å². The van der Waals surface area contributed by atoms with E-state index in [1.165, 1.54) is 6.42 Å². The van der Waals surface area contributed by atoms with Crippen LogP contribution in [0.5, 0.6) is 0 Å². The summed E-state index contributed by atoms with van der Waals surface area (Å²) < 4.78 is 5.31. The van der Waals surface area contributed by atoms with Gasteiger partial charge in [0.1, 0.15) is 10.8 Å². The Morgan fingerprint density at radius 2 is 2.20 bits per heavy atom. The van der Waals surface area contributed by atoms with E-state index in [2.05, 4.69) is 20.1 Å². The molecule has 0 saturated heterocycles. The number of anilines is 1. The molecule has 2 aromatic heterocycles. The number of hydrogen-bond acceptors (Lipinski definition) is 6. The molecule has 0 aliphatic heterocycles. The van der Waals surface area contributed by atoms with Gasteiger partial charge in [-0.25, -0.2) is 9.97 Å². The maximum absolute atomic E-state index is 6.11. The van der Waals surface area contributed by atoms with Gasteiger partial charge in [-0.1, -0.05) is 23.2 Å². The van der Waals surface area contributed by atoms with Gasteiger partial charge in [0, 0.05) is 13.0 Å². The Morgan fingerprint density at radius 1 is 1.40 bits per heavy atom. The summed E-state index contributed by atoms with van der Waals surface area (Å²) in [5, 5.41) is 4.54. The summed E-state index contributed by atoms with van der Waals surface area (Å²) in [5.74, 6) is 3.21. The molecule has 106 valence electrons. The standard InChI is InChI=1S/C13H16ClN5O/c1-8-15-6-10(14)12(16-8)19(2)7-11-17-13(20-18-11)9-4-3-5-9/h6,9H,3-5,7H2,1-2H3. The number of hydrogen-bond donors (Lipinski definition) is 0. The Morgan fingerprint density at radius 3 is 2.90 bits per heavy atom. The highest BCUT2D eigenvalue weighted by Crippen LogP contribution is 2.35. The highest BCUT2D eigenvalue weighted by atomic mass is 35.5.